The number of hydrogen-bond donors (Lipinski definition) is 17. The summed E-state index contributed by atoms with van der Waals surface area (Å²) in [5, 5.41) is 148. The van der Waals surface area contributed by atoms with Crippen molar-refractivity contribution >= 4 is 30.9 Å². The maximum atomic E-state index is 10.2. The fourth-order valence-electron chi connectivity index (χ4n) is 2.93. The van der Waals surface area contributed by atoms with Gasteiger partial charge in [0.15, 0.2) is 36.7 Å². The zero-order chi connectivity index (χ0) is 42.6. The molecular weight excluding hydrogens is 792 g/mol. The first kappa shape index (κ1) is 65.0. The minimum atomic E-state index is -2.17. The summed E-state index contributed by atoms with van der Waals surface area (Å²) in [6, 6.07) is 3.07. The highest BCUT2D eigenvalue weighted by molar-refractivity contribution is 6.30. The molecule has 1 aliphatic heterocycles. The van der Waals surface area contributed by atoms with Crippen LogP contribution in [0.5, 0.6) is 0 Å². The van der Waals surface area contributed by atoms with Gasteiger partial charge in [0, 0.05) is 0 Å². The lowest BCUT2D eigenvalue weighted by Gasteiger charge is -2.40. The fourth-order valence-corrected chi connectivity index (χ4v) is 2.93. The predicted octanol–water partition coefficient (Wildman–Crippen LogP) is -11.5. The Morgan fingerprint density at radius 2 is 1.33 bits per heavy atom. The van der Waals surface area contributed by atoms with Crippen LogP contribution in [-0.4, -0.2) is 234 Å². The van der Waals surface area contributed by atoms with Crippen molar-refractivity contribution in [2.24, 2.45) is 0 Å². The monoisotopic (exact) mass is 846 g/mol. The molecule has 23 N–H and O–H groups in total. The number of carbonyl (C=O) groups is 5. The quantitative estimate of drug-likeness (QED) is 0.0318. The largest absolute Gasteiger partial charge is 0.505 e. The first-order chi connectivity index (χ1) is 25.2. The topological polar surface area (TPSA) is 546 Å². The average molecular weight is 847 g/mol. The van der Waals surface area contributed by atoms with Crippen LogP contribution in [0.2, 0.25) is 0 Å². The lowest BCUT2D eigenvalue weighted by Crippen LogP contribution is -2.62. The van der Waals surface area contributed by atoms with Crippen molar-refractivity contribution in [3.8, 4) is 0 Å². The Morgan fingerprint density at radius 1 is 0.789 bits per heavy atom. The van der Waals surface area contributed by atoms with Crippen LogP contribution in [-0.2, 0) is 30.5 Å². The van der Waals surface area contributed by atoms with Gasteiger partial charge in [-0.1, -0.05) is 0 Å². The van der Waals surface area contributed by atoms with Gasteiger partial charge in [0.2, 0.25) is 11.6 Å². The predicted molar refractivity (Wildman–Crippen MR) is 183 cm³/mol. The van der Waals surface area contributed by atoms with E-state index in [1.165, 1.54) is 6.07 Å². The van der Waals surface area contributed by atoms with E-state index in [1.807, 2.05) is 0 Å². The molecule has 1 saturated heterocycles. The number of aldehydes is 4. The van der Waals surface area contributed by atoms with E-state index in [4.69, 9.17) is 86.1 Å². The maximum Gasteiger partial charge on any atom is 0.218 e. The summed E-state index contributed by atoms with van der Waals surface area (Å²) in [5.74, 6) is -2.91. The normalized spacial score (nSPS) is 22.0. The molecule has 11 atom stereocenters. The molecule has 27 nitrogen and oxygen atoms in total. The fraction of sp³-hybridized carbons (Fsp3) is 0.567. The molecule has 0 aromatic carbocycles. The summed E-state index contributed by atoms with van der Waals surface area (Å²) in [6.45, 7) is -3.17. The maximum absolute atomic E-state index is 10.2. The van der Waals surface area contributed by atoms with Gasteiger partial charge in [-0.2, -0.15) is 0 Å². The number of aliphatic hydroxyl groups excluding tert-OH is 16. The minimum Gasteiger partial charge on any atom is -0.505 e. The second kappa shape index (κ2) is 36.5. The molecule has 9 unspecified atom stereocenters. The van der Waals surface area contributed by atoms with Gasteiger partial charge in [0.25, 0.3) is 0 Å². The highest BCUT2D eigenvalue weighted by Crippen LogP contribution is 2.23. The molecule has 2 heterocycles. The van der Waals surface area contributed by atoms with Crippen LogP contribution in [0.3, 0.4) is 0 Å². The summed E-state index contributed by atoms with van der Waals surface area (Å²) in [4.78, 5) is 49.5. The molecule has 0 radical (unpaired) electrons. The lowest BCUT2D eigenvalue weighted by atomic mass is 9.98. The Morgan fingerprint density at radius 3 is 1.70 bits per heavy atom. The van der Waals surface area contributed by atoms with Crippen LogP contribution in [0, 0.1) is 0 Å². The van der Waals surface area contributed by atoms with Crippen LogP contribution in [0.1, 0.15) is 16.3 Å². The highest BCUT2D eigenvalue weighted by Gasteiger charge is 2.48. The number of aliphatic hydroxyl groups is 17. The molecule has 2 rings (SSSR count). The van der Waals surface area contributed by atoms with Crippen molar-refractivity contribution in [2.45, 2.75) is 73.4 Å². The Kier molecular flexibility index (Phi) is 41.6. The Labute approximate surface area is 321 Å². The number of furan rings is 1. The smallest absolute Gasteiger partial charge is 0.218 e. The summed E-state index contributed by atoms with van der Waals surface area (Å²) in [5.41, 5.74) is 0. The van der Waals surface area contributed by atoms with E-state index in [-0.39, 0.29) is 54.3 Å². The number of ether oxygens (including phenoxy) is 1. The second-order valence-electron chi connectivity index (χ2n) is 10.3. The van der Waals surface area contributed by atoms with Crippen molar-refractivity contribution in [2.75, 3.05) is 33.0 Å². The van der Waals surface area contributed by atoms with E-state index in [2.05, 4.69) is 4.74 Å². The first-order valence-corrected chi connectivity index (χ1v) is 15.0. The third-order valence-corrected chi connectivity index (χ3v) is 6.11. The zero-order valence-electron chi connectivity index (χ0n) is 29.7. The molecule has 0 aliphatic carbocycles. The Hall–Kier alpha value is -3.89. The average Bonchev–Trinajstić information content (AvgIpc) is 3.68. The van der Waals surface area contributed by atoms with Crippen molar-refractivity contribution in [1.29, 1.82) is 0 Å². The van der Waals surface area contributed by atoms with Crippen molar-refractivity contribution in [3.05, 3.63) is 47.6 Å². The number of rotatable bonds is 16. The summed E-state index contributed by atoms with van der Waals surface area (Å²) < 4.78 is 9.32. The van der Waals surface area contributed by atoms with Gasteiger partial charge in [0.05, 0.1) is 39.1 Å². The van der Waals surface area contributed by atoms with Crippen LogP contribution >= 0.6 is 0 Å². The van der Waals surface area contributed by atoms with Gasteiger partial charge < -0.3 is 117 Å². The second-order valence-corrected chi connectivity index (χ2v) is 10.3. The van der Waals surface area contributed by atoms with Gasteiger partial charge in [-0.05, 0) is 30.4 Å². The van der Waals surface area contributed by atoms with Gasteiger partial charge in [-0.3, -0.25) is 19.2 Å². The molecule has 336 valence electrons. The van der Waals surface area contributed by atoms with Gasteiger partial charge in [0.1, 0.15) is 67.3 Å². The zero-order valence-corrected chi connectivity index (χ0v) is 29.7. The Balaban J connectivity index is -0.000000141. The van der Waals surface area contributed by atoms with E-state index >= 15 is 0 Å². The molecule has 0 saturated carbocycles. The third-order valence-electron chi connectivity index (χ3n) is 6.11. The van der Waals surface area contributed by atoms with E-state index < -0.39 is 105 Å². The Bertz CT molecular complexity index is 1240. The van der Waals surface area contributed by atoms with Gasteiger partial charge in [-0.15, -0.1) is 0 Å². The highest BCUT2D eigenvalue weighted by atomic mass is 16.7. The standard InChI is InChI=1S/2C6H12O6.C6H10O5.C6H8O4.C6H6O3.3H2O/c7-2-6(11)5(10)4(9)3(8)1-12-6;7-1-3(9)5(11)6(12)4(10)2-8;7-2-4(9)1-5(10)6(11)3-8;7-3-5(9)1-2-6(10)4-8;7-3-5-1-2-6(4-8)9-5;;;/h3-5,7-11H,1-2H2;1,3-6,8-12H,2H2;1-2,5-6,8-11H,3H2;1-3,6,8,10H,4H2;1-3,8H,4H2;3*1H2/b;;4-1+;2-1+;;;;/t3?,4-,5-,6?;;;;;;;/m0......./s1. The number of ketones is 1. The molecule has 1 fully saturated rings. The van der Waals surface area contributed by atoms with Crippen molar-refractivity contribution < 1.29 is 136 Å². The summed E-state index contributed by atoms with van der Waals surface area (Å²) >= 11 is 0. The molecule has 57 heavy (non-hydrogen) atoms. The first-order valence-electron chi connectivity index (χ1n) is 15.0. The van der Waals surface area contributed by atoms with Crippen LogP contribution in [0.25, 0.3) is 0 Å². The molecule has 0 bridgehead atoms. The van der Waals surface area contributed by atoms with Crippen molar-refractivity contribution in [1.82, 2.24) is 0 Å². The number of carbonyl (C=O) groups excluding carboxylic acids is 5. The minimum absolute atomic E-state index is 0. The lowest BCUT2D eigenvalue weighted by molar-refractivity contribution is -0.331. The molecule has 27 heteroatoms. The number of hydrogen-bond acceptors (Lipinski definition) is 24. The molecule has 0 spiro atoms. The van der Waals surface area contributed by atoms with E-state index in [0.717, 1.165) is 18.2 Å². The summed E-state index contributed by atoms with van der Waals surface area (Å²) in [6.07, 6.45) is -11.6. The van der Waals surface area contributed by atoms with Crippen molar-refractivity contribution in [3.63, 3.8) is 0 Å². The number of allylic oxidation sites excluding steroid dienone is 2. The van der Waals surface area contributed by atoms with Crippen LogP contribution in [0.4, 0.5) is 0 Å². The SMILES string of the molecule is O.O.O.O=C/C(O)=C\C(O)C(O)CO.O=CC(=O)/C=C/C(O)CO.O=CC(O)C(O)C(O)C(O)CO.O=Cc1ccc(CO)o1.OCC1(O)OCC(O)[C@H](O)[C@@H]1O. The van der Waals surface area contributed by atoms with E-state index in [1.54, 1.807) is 6.07 Å². The van der Waals surface area contributed by atoms with E-state index in [9.17, 15) is 29.1 Å². The molecule has 1 aliphatic rings. The molecular formula is C30H54O27. The molecule has 1 aromatic rings. The summed E-state index contributed by atoms with van der Waals surface area (Å²) in [7, 11) is 0. The third kappa shape index (κ3) is 27.4. The van der Waals surface area contributed by atoms with E-state index in [0.29, 0.717) is 12.0 Å². The molecule has 1 aromatic heterocycles. The van der Waals surface area contributed by atoms with Crippen LogP contribution in [0.15, 0.2) is 40.5 Å². The van der Waals surface area contributed by atoms with Crippen LogP contribution < -0.4 is 0 Å². The van der Waals surface area contributed by atoms with Gasteiger partial charge >= 0.3 is 0 Å². The van der Waals surface area contributed by atoms with Gasteiger partial charge in [-0.25, -0.2) is 0 Å². The molecule has 0 amide bonds.